The summed E-state index contributed by atoms with van der Waals surface area (Å²) in [5, 5.41) is 18.5. The molecule has 0 radical (unpaired) electrons. The van der Waals surface area contributed by atoms with E-state index in [4.69, 9.17) is 0 Å². The maximum absolute atomic E-state index is 9.30. The maximum Gasteiger partial charge on any atom is 0.115 e. The van der Waals surface area contributed by atoms with Gasteiger partial charge in [0.15, 0.2) is 0 Å². The molecule has 0 aliphatic heterocycles. The molecule has 1 aromatic heterocycles. The van der Waals surface area contributed by atoms with Gasteiger partial charge in [0.25, 0.3) is 0 Å². The van der Waals surface area contributed by atoms with Gasteiger partial charge in [-0.05, 0) is 55.5 Å². The summed E-state index contributed by atoms with van der Waals surface area (Å²) in [6.45, 7) is 2.20. The van der Waals surface area contributed by atoms with E-state index in [1.165, 1.54) is 24.8 Å². The molecule has 0 bridgehead atoms. The van der Waals surface area contributed by atoms with E-state index in [0.29, 0.717) is 11.8 Å². The summed E-state index contributed by atoms with van der Waals surface area (Å²) in [6.07, 6.45) is 6.81. The monoisotopic (exact) mass is 323 g/mol. The number of unbranched alkanes of at least 4 members (excludes halogenated alkanes) is 2. The minimum atomic E-state index is 0.337. The van der Waals surface area contributed by atoms with Crippen molar-refractivity contribution in [2.45, 2.75) is 51.5 Å². The zero-order valence-electron chi connectivity index (χ0n) is 14.2. The molecule has 126 valence electrons. The molecule has 1 heterocycles. The molecule has 0 fully saturated rings. The third kappa shape index (κ3) is 4.13. The van der Waals surface area contributed by atoms with Crippen LogP contribution in [-0.4, -0.2) is 20.1 Å². The van der Waals surface area contributed by atoms with Gasteiger partial charge in [-0.1, -0.05) is 44.0 Å². The van der Waals surface area contributed by atoms with Crippen molar-refractivity contribution in [2.24, 2.45) is 0 Å². The average molecular weight is 323 g/mol. The van der Waals surface area contributed by atoms with Crippen molar-refractivity contribution >= 4 is 11.0 Å². The third-order valence-corrected chi connectivity index (χ3v) is 4.54. The van der Waals surface area contributed by atoms with Gasteiger partial charge in [-0.15, -0.1) is 0 Å². The summed E-state index contributed by atoms with van der Waals surface area (Å²) >= 11 is 0. The molecule has 0 spiro atoms. The van der Waals surface area contributed by atoms with Crippen LogP contribution in [-0.2, 0) is 6.42 Å². The van der Waals surface area contributed by atoms with Gasteiger partial charge in [0, 0.05) is 0 Å². The van der Waals surface area contributed by atoms with Gasteiger partial charge in [0.05, 0.1) is 6.04 Å². The first-order valence-corrected chi connectivity index (χ1v) is 8.85. The second kappa shape index (κ2) is 7.95. The highest BCUT2D eigenvalue weighted by Gasteiger charge is 2.12. The highest BCUT2D eigenvalue weighted by Crippen LogP contribution is 2.20. The minimum absolute atomic E-state index is 0.337. The summed E-state index contributed by atoms with van der Waals surface area (Å²) in [7, 11) is 0. The van der Waals surface area contributed by atoms with Gasteiger partial charge < -0.3 is 5.11 Å². The van der Waals surface area contributed by atoms with Gasteiger partial charge in [-0.2, -0.15) is 15.0 Å². The lowest BCUT2D eigenvalue weighted by molar-refractivity contribution is 0.360. The van der Waals surface area contributed by atoms with Crippen molar-refractivity contribution in [3.8, 4) is 5.75 Å². The Kier molecular flexibility index (Phi) is 5.47. The summed E-state index contributed by atoms with van der Waals surface area (Å²) in [5.41, 5.74) is 3.24. The number of aromatic nitrogens is 3. The van der Waals surface area contributed by atoms with Crippen LogP contribution in [0.1, 0.15) is 50.6 Å². The topological polar surface area (TPSA) is 50.9 Å². The number of hydrogen-bond donors (Lipinski definition) is 1. The van der Waals surface area contributed by atoms with Crippen molar-refractivity contribution in [1.82, 2.24) is 15.0 Å². The average Bonchev–Trinajstić information content (AvgIpc) is 3.03. The smallest absolute Gasteiger partial charge is 0.115 e. The molecule has 1 unspecified atom stereocenters. The van der Waals surface area contributed by atoms with Crippen LogP contribution >= 0.6 is 0 Å². The first-order chi connectivity index (χ1) is 11.8. The van der Waals surface area contributed by atoms with E-state index in [0.717, 1.165) is 30.3 Å². The van der Waals surface area contributed by atoms with Crippen LogP contribution < -0.4 is 0 Å². The normalized spacial score (nSPS) is 12.5. The Hall–Kier alpha value is -2.36. The van der Waals surface area contributed by atoms with Crippen LogP contribution in [0.25, 0.3) is 11.0 Å². The Morgan fingerprint density at radius 1 is 0.917 bits per heavy atom. The van der Waals surface area contributed by atoms with E-state index in [-0.39, 0.29) is 0 Å². The molecule has 0 amide bonds. The van der Waals surface area contributed by atoms with Crippen molar-refractivity contribution in [2.75, 3.05) is 0 Å². The predicted molar refractivity (Wildman–Crippen MR) is 97.1 cm³/mol. The van der Waals surface area contributed by atoms with Crippen LogP contribution in [0.4, 0.5) is 0 Å². The first-order valence-electron chi connectivity index (χ1n) is 8.85. The third-order valence-electron chi connectivity index (χ3n) is 4.54. The lowest BCUT2D eigenvalue weighted by atomic mass is 10.0. The fourth-order valence-corrected chi connectivity index (χ4v) is 3.07. The molecule has 2 aromatic carbocycles. The Bertz CT molecular complexity index is 731. The zero-order valence-corrected chi connectivity index (χ0v) is 14.2. The molecule has 0 saturated carbocycles. The lowest BCUT2D eigenvalue weighted by Gasteiger charge is -2.13. The SMILES string of the molecule is CCC(CCCCCc1ccc(O)cc1)n1nc2ccccc2n1. The van der Waals surface area contributed by atoms with Gasteiger partial charge >= 0.3 is 0 Å². The zero-order chi connectivity index (χ0) is 16.8. The van der Waals surface area contributed by atoms with Gasteiger partial charge in [-0.3, -0.25) is 0 Å². The van der Waals surface area contributed by atoms with E-state index in [1.807, 2.05) is 41.2 Å². The molecule has 1 N–H and O–H groups in total. The molecule has 0 aliphatic rings. The fraction of sp³-hybridized carbons (Fsp3) is 0.400. The summed E-state index contributed by atoms with van der Waals surface area (Å²) < 4.78 is 0. The highest BCUT2D eigenvalue weighted by molar-refractivity contribution is 5.72. The molecule has 3 aromatic rings. The Balaban J connectivity index is 1.46. The number of phenols is 1. The fourth-order valence-electron chi connectivity index (χ4n) is 3.07. The summed E-state index contributed by atoms with van der Waals surface area (Å²) in [6, 6.07) is 16.0. The molecule has 3 rings (SSSR count). The molecule has 0 aliphatic carbocycles. The quantitative estimate of drug-likeness (QED) is 0.600. The molecule has 1 atom stereocenters. The van der Waals surface area contributed by atoms with Crippen LogP contribution in [0.3, 0.4) is 0 Å². The number of rotatable bonds is 8. The van der Waals surface area contributed by atoms with Crippen LogP contribution in [0.2, 0.25) is 0 Å². The molecule has 4 heteroatoms. The van der Waals surface area contributed by atoms with Gasteiger partial charge in [-0.25, -0.2) is 0 Å². The number of aryl methyl sites for hydroxylation is 1. The largest absolute Gasteiger partial charge is 0.508 e. The molecule has 0 saturated heterocycles. The highest BCUT2D eigenvalue weighted by atomic mass is 16.3. The van der Waals surface area contributed by atoms with E-state index in [1.54, 1.807) is 12.1 Å². The number of phenolic OH excluding ortho intramolecular Hbond substituents is 1. The molecule has 4 nitrogen and oxygen atoms in total. The van der Waals surface area contributed by atoms with Crippen LogP contribution in [0.5, 0.6) is 5.75 Å². The van der Waals surface area contributed by atoms with Crippen LogP contribution in [0, 0.1) is 0 Å². The standard InChI is InChI=1S/C20H25N3O/c1-2-17(23-21-19-10-6-7-11-20(19)22-23)9-5-3-4-8-16-12-14-18(24)15-13-16/h6-7,10-15,17,24H,2-5,8-9H2,1H3. The van der Waals surface area contributed by atoms with Crippen LogP contribution in [0.15, 0.2) is 48.5 Å². The Morgan fingerprint density at radius 2 is 1.58 bits per heavy atom. The van der Waals surface area contributed by atoms with E-state index in [9.17, 15) is 5.11 Å². The summed E-state index contributed by atoms with van der Waals surface area (Å²) in [5.74, 6) is 0.337. The number of hydrogen-bond acceptors (Lipinski definition) is 3. The first kappa shape index (κ1) is 16.5. The Labute approximate surface area is 143 Å². The number of fused-ring (bicyclic) bond motifs is 1. The van der Waals surface area contributed by atoms with E-state index in [2.05, 4.69) is 17.1 Å². The number of aromatic hydroxyl groups is 1. The number of benzene rings is 2. The van der Waals surface area contributed by atoms with Crippen molar-refractivity contribution in [1.29, 1.82) is 0 Å². The van der Waals surface area contributed by atoms with Crippen molar-refractivity contribution < 1.29 is 5.11 Å². The minimum Gasteiger partial charge on any atom is -0.508 e. The number of nitrogens with zero attached hydrogens (tertiary/aromatic N) is 3. The maximum atomic E-state index is 9.30. The van der Waals surface area contributed by atoms with Gasteiger partial charge in [0.2, 0.25) is 0 Å². The van der Waals surface area contributed by atoms with Crippen molar-refractivity contribution in [3.63, 3.8) is 0 Å². The molecular formula is C20H25N3O. The Morgan fingerprint density at radius 3 is 2.21 bits per heavy atom. The van der Waals surface area contributed by atoms with Gasteiger partial charge in [0.1, 0.15) is 16.8 Å². The second-order valence-electron chi connectivity index (χ2n) is 6.34. The molecular weight excluding hydrogens is 298 g/mol. The lowest BCUT2D eigenvalue weighted by Crippen LogP contribution is -2.11. The molecule has 24 heavy (non-hydrogen) atoms. The van der Waals surface area contributed by atoms with E-state index < -0.39 is 0 Å². The second-order valence-corrected chi connectivity index (χ2v) is 6.34. The predicted octanol–water partition coefficient (Wildman–Crippen LogP) is 4.89. The summed E-state index contributed by atoms with van der Waals surface area (Å²) in [4.78, 5) is 1.91. The van der Waals surface area contributed by atoms with E-state index >= 15 is 0 Å². The van der Waals surface area contributed by atoms with Crippen molar-refractivity contribution in [3.05, 3.63) is 54.1 Å².